The molecule has 0 aliphatic heterocycles. The summed E-state index contributed by atoms with van der Waals surface area (Å²) in [7, 11) is 0. The zero-order valence-electron chi connectivity index (χ0n) is 7.97. The Morgan fingerprint density at radius 2 is 2.00 bits per heavy atom. The van der Waals surface area contributed by atoms with Crippen LogP contribution in [0.2, 0.25) is 0 Å². The maximum Gasteiger partial charge on any atom is 0.153 e. The molecule has 0 saturated heterocycles. The Morgan fingerprint density at radius 1 is 1.42 bits per heavy atom. The Labute approximate surface area is 72.6 Å². The number of carbonyl (C=O) groups excluding carboxylic acids is 1. The summed E-state index contributed by atoms with van der Waals surface area (Å²) in [6.45, 7) is 7.98. The van der Waals surface area contributed by atoms with Gasteiger partial charge in [-0.05, 0) is 12.3 Å². The smallest absolute Gasteiger partial charge is 0.153 e. The lowest BCUT2D eigenvalue weighted by Crippen LogP contribution is -2.12. The molecule has 2 nitrogen and oxygen atoms in total. The third-order valence-corrected chi connectivity index (χ3v) is 1.95. The number of hydrogen-bond acceptors (Lipinski definition) is 2. The molecule has 0 spiro atoms. The van der Waals surface area contributed by atoms with Crippen LogP contribution in [0.15, 0.2) is 10.7 Å². The van der Waals surface area contributed by atoms with Crippen molar-refractivity contribution in [3.8, 4) is 0 Å². The summed E-state index contributed by atoms with van der Waals surface area (Å²) >= 11 is 0. The second-order valence-electron chi connectivity index (χ2n) is 3.99. The minimum Gasteiger partial charge on any atom is -0.469 e. The Kier molecular flexibility index (Phi) is 2.09. The lowest BCUT2D eigenvalue weighted by atomic mass is 9.86. The van der Waals surface area contributed by atoms with E-state index in [0.717, 1.165) is 11.8 Å². The zero-order valence-corrected chi connectivity index (χ0v) is 7.97. The molecule has 0 atom stereocenters. The van der Waals surface area contributed by atoms with Gasteiger partial charge in [0.15, 0.2) is 6.29 Å². The summed E-state index contributed by atoms with van der Waals surface area (Å²) in [6.07, 6.45) is 2.53. The quantitative estimate of drug-likeness (QED) is 0.600. The van der Waals surface area contributed by atoms with Gasteiger partial charge in [-0.25, -0.2) is 0 Å². The molecule has 0 N–H and O–H groups in total. The van der Waals surface area contributed by atoms with Crippen LogP contribution in [0.4, 0.5) is 0 Å². The van der Waals surface area contributed by atoms with Crippen molar-refractivity contribution >= 4 is 6.29 Å². The molecule has 66 valence electrons. The van der Waals surface area contributed by atoms with Gasteiger partial charge >= 0.3 is 0 Å². The van der Waals surface area contributed by atoms with Crippen LogP contribution in [0.25, 0.3) is 0 Å². The summed E-state index contributed by atoms with van der Waals surface area (Å²) < 4.78 is 5.18. The fraction of sp³-hybridized carbons (Fsp3) is 0.500. The van der Waals surface area contributed by atoms with Gasteiger partial charge in [0.2, 0.25) is 0 Å². The minimum atomic E-state index is -0.0198. The van der Waals surface area contributed by atoms with Crippen molar-refractivity contribution in [3.05, 3.63) is 23.2 Å². The van der Waals surface area contributed by atoms with E-state index in [-0.39, 0.29) is 5.41 Å². The Bertz CT molecular complexity index is 289. The summed E-state index contributed by atoms with van der Waals surface area (Å²) in [6, 6.07) is 0. The van der Waals surface area contributed by atoms with Crippen molar-refractivity contribution in [2.24, 2.45) is 0 Å². The van der Waals surface area contributed by atoms with Crippen LogP contribution in [-0.2, 0) is 5.41 Å². The molecule has 2 heteroatoms. The van der Waals surface area contributed by atoms with E-state index >= 15 is 0 Å². The third kappa shape index (κ3) is 1.42. The van der Waals surface area contributed by atoms with Crippen molar-refractivity contribution in [2.75, 3.05) is 0 Å². The highest BCUT2D eigenvalue weighted by molar-refractivity contribution is 5.79. The van der Waals surface area contributed by atoms with Crippen LogP contribution in [0.5, 0.6) is 0 Å². The van der Waals surface area contributed by atoms with Crippen molar-refractivity contribution < 1.29 is 9.21 Å². The number of carbonyl (C=O) groups is 1. The average Bonchev–Trinajstić information content (AvgIpc) is 2.29. The SMILES string of the molecule is Cc1occ(C(C)(C)C)c1C=O. The predicted molar refractivity (Wildman–Crippen MR) is 47.5 cm³/mol. The first-order valence-electron chi connectivity index (χ1n) is 4.00. The molecular formula is C10H14O2. The van der Waals surface area contributed by atoms with Crippen molar-refractivity contribution in [3.63, 3.8) is 0 Å². The highest BCUT2D eigenvalue weighted by Crippen LogP contribution is 2.27. The van der Waals surface area contributed by atoms with Crippen LogP contribution in [-0.4, -0.2) is 6.29 Å². The average molecular weight is 166 g/mol. The van der Waals surface area contributed by atoms with E-state index in [2.05, 4.69) is 20.8 Å². The van der Waals surface area contributed by atoms with E-state index in [1.54, 1.807) is 13.2 Å². The highest BCUT2D eigenvalue weighted by Gasteiger charge is 2.21. The second-order valence-corrected chi connectivity index (χ2v) is 3.99. The van der Waals surface area contributed by atoms with Gasteiger partial charge in [-0.1, -0.05) is 20.8 Å². The van der Waals surface area contributed by atoms with E-state index < -0.39 is 0 Å². The van der Waals surface area contributed by atoms with Gasteiger partial charge in [-0.15, -0.1) is 0 Å². The van der Waals surface area contributed by atoms with Crippen molar-refractivity contribution in [1.29, 1.82) is 0 Å². The molecule has 0 aliphatic carbocycles. The van der Waals surface area contributed by atoms with Crippen molar-refractivity contribution in [2.45, 2.75) is 33.1 Å². The molecule has 0 bridgehead atoms. The number of rotatable bonds is 1. The Hall–Kier alpha value is -1.05. The largest absolute Gasteiger partial charge is 0.469 e. The fourth-order valence-electron chi connectivity index (χ4n) is 1.19. The van der Waals surface area contributed by atoms with Crippen LogP contribution in [0, 0.1) is 6.92 Å². The van der Waals surface area contributed by atoms with Gasteiger partial charge in [-0.3, -0.25) is 4.79 Å². The number of aryl methyl sites for hydroxylation is 1. The summed E-state index contributed by atoms with van der Waals surface area (Å²) in [4.78, 5) is 10.7. The zero-order chi connectivity index (χ0) is 9.35. The number of aldehydes is 1. The van der Waals surface area contributed by atoms with Crippen LogP contribution >= 0.6 is 0 Å². The molecule has 0 aliphatic rings. The molecule has 1 aromatic heterocycles. The Morgan fingerprint density at radius 3 is 2.33 bits per heavy atom. The van der Waals surface area contributed by atoms with Crippen molar-refractivity contribution in [1.82, 2.24) is 0 Å². The van der Waals surface area contributed by atoms with Gasteiger partial charge in [0.05, 0.1) is 11.8 Å². The predicted octanol–water partition coefficient (Wildman–Crippen LogP) is 2.70. The Balaban J connectivity index is 3.25. The van der Waals surface area contributed by atoms with Crippen LogP contribution < -0.4 is 0 Å². The molecular weight excluding hydrogens is 152 g/mol. The fourth-order valence-corrected chi connectivity index (χ4v) is 1.19. The molecule has 0 aromatic carbocycles. The first-order valence-corrected chi connectivity index (χ1v) is 4.00. The topological polar surface area (TPSA) is 30.2 Å². The molecule has 0 amide bonds. The molecule has 0 unspecified atom stereocenters. The van der Waals surface area contributed by atoms with E-state index in [4.69, 9.17) is 4.42 Å². The molecule has 1 heterocycles. The monoisotopic (exact) mass is 166 g/mol. The van der Waals surface area contributed by atoms with Gasteiger partial charge in [0, 0.05) is 5.56 Å². The number of furan rings is 1. The van der Waals surface area contributed by atoms with Crippen LogP contribution in [0.1, 0.15) is 42.5 Å². The maximum atomic E-state index is 10.7. The summed E-state index contributed by atoms with van der Waals surface area (Å²) in [5.74, 6) is 0.704. The normalized spacial score (nSPS) is 11.7. The van der Waals surface area contributed by atoms with E-state index in [0.29, 0.717) is 11.3 Å². The summed E-state index contributed by atoms with van der Waals surface area (Å²) in [5.41, 5.74) is 1.66. The maximum absolute atomic E-state index is 10.7. The molecule has 1 rings (SSSR count). The second kappa shape index (κ2) is 2.77. The third-order valence-electron chi connectivity index (χ3n) is 1.95. The highest BCUT2D eigenvalue weighted by atomic mass is 16.3. The molecule has 12 heavy (non-hydrogen) atoms. The van der Waals surface area contributed by atoms with Gasteiger partial charge < -0.3 is 4.42 Å². The van der Waals surface area contributed by atoms with Gasteiger partial charge in [0.25, 0.3) is 0 Å². The van der Waals surface area contributed by atoms with E-state index in [1.165, 1.54) is 0 Å². The molecule has 1 aromatic rings. The lowest BCUT2D eigenvalue weighted by Gasteiger charge is -2.16. The number of hydrogen-bond donors (Lipinski definition) is 0. The van der Waals surface area contributed by atoms with E-state index in [9.17, 15) is 4.79 Å². The first-order chi connectivity index (χ1) is 5.46. The van der Waals surface area contributed by atoms with Gasteiger partial charge in [0.1, 0.15) is 5.76 Å². The van der Waals surface area contributed by atoms with Gasteiger partial charge in [-0.2, -0.15) is 0 Å². The standard InChI is InChI=1S/C10H14O2/c1-7-8(5-11)9(6-12-7)10(2,3)4/h5-6H,1-4H3. The summed E-state index contributed by atoms with van der Waals surface area (Å²) in [5, 5.41) is 0. The lowest BCUT2D eigenvalue weighted by molar-refractivity contribution is 0.112. The first kappa shape index (κ1) is 9.04. The van der Waals surface area contributed by atoms with E-state index in [1.807, 2.05) is 0 Å². The van der Waals surface area contributed by atoms with Crippen LogP contribution in [0.3, 0.4) is 0 Å². The molecule has 0 radical (unpaired) electrons. The molecule has 0 fully saturated rings. The molecule has 0 saturated carbocycles. The minimum absolute atomic E-state index is 0.0198.